The molecule has 2 nitrogen and oxygen atoms in total. The molecule has 0 aliphatic rings. The van der Waals surface area contributed by atoms with E-state index in [0.717, 1.165) is 36.6 Å². The van der Waals surface area contributed by atoms with Gasteiger partial charge in [-0.2, -0.15) is 0 Å². The summed E-state index contributed by atoms with van der Waals surface area (Å²) in [6, 6.07) is 9.58. The summed E-state index contributed by atoms with van der Waals surface area (Å²) in [7, 11) is -1.40. The van der Waals surface area contributed by atoms with Crippen LogP contribution in [0.3, 0.4) is 0 Å². The summed E-state index contributed by atoms with van der Waals surface area (Å²) in [6.45, 7) is 5.61. The summed E-state index contributed by atoms with van der Waals surface area (Å²) in [6.07, 6.45) is 2.25. The number of aryl methyl sites for hydroxylation is 1. The molecular weight excluding hydrogens is 296 g/mol. The predicted octanol–water partition coefficient (Wildman–Crippen LogP) is 3.68. The van der Waals surface area contributed by atoms with Crippen LogP contribution in [0, 0.1) is 0 Å². The molecule has 0 aliphatic carbocycles. The molecule has 17 heavy (non-hydrogen) atoms. The van der Waals surface area contributed by atoms with Crippen LogP contribution in [-0.4, -0.2) is 22.5 Å². The van der Waals surface area contributed by atoms with Crippen LogP contribution in [0.25, 0.3) is 0 Å². The van der Waals surface area contributed by atoms with Gasteiger partial charge in [0.1, 0.15) is 0 Å². The lowest BCUT2D eigenvalue weighted by Crippen LogP contribution is -2.22. The maximum Gasteiger partial charge on any atom is 0.321 e. The molecule has 4 heteroatoms. The van der Waals surface area contributed by atoms with Crippen molar-refractivity contribution in [1.29, 1.82) is 0 Å². The fourth-order valence-electron chi connectivity index (χ4n) is 1.75. The Bertz CT molecular complexity index is 314. The van der Waals surface area contributed by atoms with E-state index in [9.17, 15) is 0 Å². The summed E-state index contributed by atoms with van der Waals surface area (Å²) in [5, 5.41) is 0. The van der Waals surface area contributed by atoms with Crippen LogP contribution in [0.1, 0.15) is 25.8 Å². The number of rotatable bonds is 8. The van der Waals surface area contributed by atoms with Gasteiger partial charge in [-0.3, -0.25) is 0 Å². The third-order valence-corrected chi connectivity index (χ3v) is 5.28. The number of hydrogen-bond acceptors (Lipinski definition) is 2. The van der Waals surface area contributed by atoms with E-state index >= 15 is 0 Å². The molecule has 0 heterocycles. The van der Waals surface area contributed by atoms with Crippen molar-refractivity contribution < 1.29 is 8.85 Å². The average molecular weight is 317 g/mol. The van der Waals surface area contributed by atoms with E-state index < -0.39 is 9.28 Å². The molecule has 0 saturated carbocycles. The molecule has 0 bridgehead atoms. The fraction of sp³-hybridized carbons (Fsp3) is 0.538. The van der Waals surface area contributed by atoms with Crippen molar-refractivity contribution >= 4 is 25.2 Å². The minimum absolute atomic E-state index is 0.772. The molecule has 0 spiro atoms. The van der Waals surface area contributed by atoms with Gasteiger partial charge in [-0.1, -0.05) is 28.1 Å². The fourth-order valence-corrected chi connectivity index (χ4v) is 3.91. The molecule has 0 atom stereocenters. The maximum atomic E-state index is 5.65. The number of hydrogen-bond donors (Lipinski definition) is 0. The van der Waals surface area contributed by atoms with E-state index in [1.807, 2.05) is 13.8 Å². The summed E-state index contributed by atoms with van der Waals surface area (Å²) >= 11 is 3.49. The van der Waals surface area contributed by atoms with Gasteiger partial charge >= 0.3 is 9.28 Å². The molecule has 0 aliphatic heterocycles. The van der Waals surface area contributed by atoms with E-state index in [-0.39, 0.29) is 0 Å². The van der Waals surface area contributed by atoms with Crippen molar-refractivity contribution in [2.45, 2.75) is 32.7 Å². The molecule has 1 aromatic carbocycles. The Kier molecular flexibility index (Phi) is 7.76. The first-order valence-corrected chi connectivity index (χ1v) is 8.79. The first kappa shape index (κ1) is 14.9. The lowest BCUT2D eigenvalue weighted by Gasteiger charge is -2.14. The van der Waals surface area contributed by atoms with Gasteiger partial charge in [0, 0.05) is 17.7 Å². The van der Waals surface area contributed by atoms with Crippen LogP contribution in [0.15, 0.2) is 28.7 Å². The van der Waals surface area contributed by atoms with Gasteiger partial charge in [0.25, 0.3) is 0 Å². The molecule has 0 amide bonds. The second-order valence-electron chi connectivity index (χ2n) is 3.86. The van der Waals surface area contributed by atoms with Gasteiger partial charge in [-0.15, -0.1) is 0 Å². The molecule has 0 unspecified atom stereocenters. The monoisotopic (exact) mass is 316 g/mol. The highest BCUT2D eigenvalue weighted by Gasteiger charge is 2.11. The van der Waals surface area contributed by atoms with E-state index in [1.165, 1.54) is 5.56 Å². The standard InChI is InChI=1S/C13H21BrO2Si/c1-3-15-17(16-4-2)10-6-8-12-7-5-9-13(14)11-12/h5,7,9,11,17H,3-4,6,8,10H2,1-2H3. The molecule has 0 radical (unpaired) electrons. The molecule has 0 saturated heterocycles. The minimum Gasteiger partial charge on any atom is -0.397 e. The van der Waals surface area contributed by atoms with E-state index in [1.54, 1.807) is 0 Å². The predicted molar refractivity (Wildman–Crippen MR) is 77.7 cm³/mol. The maximum absolute atomic E-state index is 5.65. The Labute approximate surface area is 114 Å². The van der Waals surface area contributed by atoms with Crippen LogP contribution >= 0.6 is 15.9 Å². The van der Waals surface area contributed by atoms with Gasteiger partial charge in [0.05, 0.1) is 0 Å². The largest absolute Gasteiger partial charge is 0.397 e. The average Bonchev–Trinajstić information content (AvgIpc) is 2.30. The highest BCUT2D eigenvalue weighted by atomic mass is 79.9. The SMILES string of the molecule is CCO[SiH](CCCc1cccc(Br)c1)OCC. The van der Waals surface area contributed by atoms with Crippen molar-refractivity contribution in [1.82, 2.24) is 0 Å². The van der Waals surface area contributed by atoms with Crippen molar-refractivity contribution in [2.24, 2.45) is 0 Å². The van der Waals surface area contributed by atoms with Crippen LogP contribution in [0.5, 0.6) is 0 Å². The molecule has 0 aromatic heterocycles. The Balaban J connectivity index is 2.30. The number of benzene rings is 1. The van der Waals surface area contributed by atoms with E-state index in [2.05, 4.69) is 40.2 Å². The summed E-state index contributed by atoms with van der Waals surface area (Å²) in [5.41, 5.74) is 1.38. The molecule has 0 N–H and O–H groups in total. The zero-order valence-corrected chi connectivity index (χ0v) is 13.4. The third kappa shape index (κ3) is 6.36. The Hall–Kier alpha value is -0.163. The Morgan fingerprint density at radius 1 is 1.18 bits per heavy atom. The van der Waals surface area contributed by atoms with E-state index in [4.69, 9.17) is 8.85 Å². The van der Waals surface area contributed by atoms with Gasteiger partial charge in [-0.25, -0.2) is 0 Å². The zero-order valence-electron chi connectivity index (χ0n) is 10.6. The van der Waals surface area contributed by atoms with Crippen LogP contribution in [0.2, 0.25) is 6.04 Å². The summed E-state index contributed by atoms with van der Waals surface area (Å²) in [5.74, 6) is 0. The highest BCUT2D eigenvalue weighted by Crippen LogP contribution is 2.14. The zero-order chi connectivity index (χ0) is 12.5. The smallest absolute Gasteiger partial charge is 0.321 e. The van der Waals surface area contributed by atoms with Crippen molar-refractivity contribution in [3.8, 4) is 0 Å². The normalized spacial score (nSPS) is 11.1. The topological polar surface area (TPSA) is 18.5 Å². The highest BCUT2D eigenvalue weighted by molar-refractivity contribution is 9.10. The molecule has 96 valence electrons. The molecule has 1 aromatic rings. The van der Waals surface area contributed by atoms with E-state index in [0.29, 0.717) is 0 Å². The molecular formula is C13H21BrO2Si. The molecule has 0 fully saturated rings. The lowest BCUT2D eigenvalue weighted by molar-refractivity contribution is 0.213. The third-order valence-electron chi connectivity index (χ3n) is 2.50. The van der Waals surface area contributed by atoms with Gasteiger partial charge < -0.3 is 8.85 Å². The van der Waals surface area contributed by atoms with Gasteiger partial charge in [0.15, 0.2) is 0 Å². The minimum atomic E-state index is -1.40. The Morgan fingerprint density at radius 2 is 1.88 bits per heavy atom. The first-order valence-electron chi connectivity index (χ1n) is 6.24. The Morgan fingerprint density at radius 3 is 2.47 bits per heavy atom. The van der Waals surface area contributed by atoms with Crippen molar-refractivity contribution in [2.75, 3.05) is 13.2 Å². The second kappa shape index (κ2) is 8.86. The van der Waals surface area contributed by atoms with Crippen molar-refractivity contribution in [3.05, 3.63) is 34.3 Å². The van der Waals surface area contributed by atoms with Crippen LogP contribution < -0.4 is 0 Å². The van der Waals surface area contributed by atoms with Gasteiger partial charge in [0.2, 0.25) is 0 Å². The quantitative estimate of drug-likeness (QED) is 0.681. The van der Waals surface area contributed by atoms with Crippen LogP contribution in [0.4, 0.5) is 0 Å². The molecule has 1 rings (SSSR count). The lowest BCUT2D eigenvalue weighted by atomic mass is 10.1. The number of halogens is 1. The second-order valence-corrected chi connectivity index (χ2v) is 6.88. The summed E-state index contributed by atoms with van der Waals surface area (Å²) in [4.78, 5) is 0. The van der Waals surface area contributed by atoms with Gasteiger partial charge in [-0.05, 0) is 50.4 Å². The summed E-state index contributed by atoms with van der Waals surface area (Å²) < 4.78 is 12.5. The van der Waals surface area contributed by atoms with Crippen molar-refractivity contribution in [3.63, 3.8) is 0 Å². The van der Waals surface area contributed by atoms with Crippen LogP contribution in [-0.2, 0) is 15.3 Å². The first-order chi connectivity index (χ1) is 8.26.